The Labute approximate surface area is 128 Å². The number of nitrogens with zero attached hydrogens (tertiary/aromatic N) is 1. The number of carbonyl (C=O) groups is 1. The van der Waals surface area contributed by atoms with E-state index in [2.05, 4.69) is 22.6 Å². The van der Waals surface area contributed by atoms with Gasteiger partial charge in [0.05, 0.1) is 0 Å². The number of carbonyl (C=O) groups excluding carboxylic acids is 1. The molecule has 114 valence electrons. The summed E-state index contributed by atoms with van der Waals surface area (Å²) in [5, 5.41) is 6.54. The molecule has 0 aliphatic carbocycles. The first kappa shape index (κ1) is 19.0. The Balaban J connectivity index is 0.00000162. The third-order valence-electron chi connectivity index (χ3n) is 4.02. The van der Waals surface area contributed by atoms with Gasteiger partial charge >= 0.3 is 0 Å². The van der Waals surface area contributed by atoms with Gasteiger partial charge in [0.2, 0.25) is 5.91 Å². The van der Waals surface area contributed by atoms with Crippen LogP contribution in [-0.2, 0) is 4.79 Å². The standard InChI is InChI=1S/C13H25N3O.2ClH/c1-16-8-4-12(5-9-16)15-13(17)10-11-2-6-14-7-3-11;;/h11-12,14H,2-10H2,1H3,(H,15,17);2*1H. The van der Waals surface area contributed by atoms with Crippen LogP contribution in [0.15, 0.2) is 0 Å². The molecule has 0 radical (unpaired) electrons. The van der Waals surface area contributed by atoms with E-state index in [4.69, 9.17) is 0 Å². The van der Waals surface area contributed by atoms with Crippen LogP contribution in [-0.4, -0.2) is 50.1 Å². The first-order chi connectivity index (χ1) is 8.24. The zero-order chi connectivity index (χ0) is 12.1. The summed E-state index contributed by atoms with van der Waals surface area (Å²) in [6, 6.07) is 0.417. The fourth-order valence-electron chi connectivity index (χ4n) is 2.79. The molecule has 1 amide bonds. The van der Waals surface area contributed by atoms with Gasteiger partial charge in [-0.2, -0.15) is 0 Å². The predicted octanol–water partition coefficient (Wildman–Crippen LogP) is 1.43. The van der Waals surface area contributed by atoms with Crippen molar-refractivity contribution in [3.8, 4) is 0 Å². The summed E-state index contributed by atoms with van der Waals surface area (Å²) in [6.07, 6.45) is 5.25. The molecule has 0 spiro atoms. The van der Waals surface area contributed by atoms with Gasteiger partial charge in [0.25, 0.3) is 0 Å². The highest BCUT2D eigenvalue weighted by atomic mass is 35.5. The number of hydrogen-bond donors (Lipinski definition) is 2. The van der Waals surface area contributed by atoms with E-state index in [1.54, 1.807) is 0 Å². The lowest BCUT2D eigenvalue weighted by Crippen LogP contribution is -2.44. The first-order valence-corrected chi connectivity index (χ1v) is 6.92. The van der Waals surface area contributed by atoms with E-state index in [1.165, 1.54) is 0 Å². The molecular weight excluding hydrogens is 285 g/mol. The maximum Gasteiger partial charge on any atom is 0.220 e. The van der Waals surface area contributed by atoms with Crippen molar-refractivity contribution in [2.45, 2.75) is 38.1 Å². The highest BCUT2D eigenvalue weighted by Crippen LogP contribution is 2.16. The molecule has 0 aromatic heterocycles. The van der Waals surface area contributed by atoms with Crippen LogP contribution in [0.5, 0.6) is 0 Å². The molecule has 0 aromatic rings. The van der Waals surface area contributed by atoms with Gasteiger partial charge in [-0.1, -0.05) is 0 Å². The summed E-state index contributed by atoms with van der Waals surface area (Å²) in [4.78, 5) is 14.2. The Morgan fingerprint density at radius 2 is 1.74 bits per heavy atom. The summed E-state index contributed by atoms with van der Waals surface area (Å²) < 4.78 is 0. The lowest BCUT2D eigenvalue weighted by Gasteiger charge is -2.30. The van der Waals surface area contributed by atoms with Crippen LogP contribution < -0.4 is 10.6 Å². The minimum Gasteiger partial charge on any atom is -0.353 e. The van der Waals surface area contributed by atoms with Crippen LogP contribution in [0.2, 0.25) is 0 Å². The molecule has 6 heteroatoms. The SMILES string of the molecule is CN1CCC(NC(=O)CC2CCNCC2)CC1.Cl.Cl. The molecule has 19 heavy (non-hydrogen) atoms. The van der Waals surface area contributed by atoms with Crippen LogP contribution in [0, 0.1) is 5.92 Å². The average Bonchev–Trinajstić information content (AvgIpc) is 2.33. The summed E-state index contributed by atoms with van der Waals surface area (Å²) in [7, 11) is 2.15. The number of likely N-dealkylation sites (tertiary alicyclic amines) is 1. The molecule has 2 fully saturated rings. The zero-order valence-corrected chi connectivity index (χ0v) is 13.3. The normalized spacial score (nSPS) is 22.2. The molecule has 0 unspecified atom stereocenters. The topological polar surface area (TPSA) is 44.4 Å². The summed E-state index contributed by atoms with van der Waals surface area (Å²) in [6.45, 7) is 4.37. The van der Waals surface area contributed by atoms with Crippen LogP contribution >= 0.6 is 24.8 Å². The molecule has 0 atom stereocenters. The van der Waals surface area contributed by atoms with E-state index in [0.717, 1.165) is 58.3 Å². The molecule has 2 rings (SSSR count). The van der Waals surface area contributed by atoms with Crippen LogP contribution in [0.25, 0.3) is 0 Å². The fraction of sp³-hybridized carbons (Fsp3) is 0.923. The van der Waals surface area contributed by atoms with Crippen molar-refractivity contribution in [3.63, 3.8) is 0 Å². The highest BCUT2D eigenvalue weighted by Gasteiger charge is 2.21. The van der Waals surface area contributed by atoms with E-state index < -0.39 is 0 Å². The number of halogens is 2. The molecule has 0 bridgehead atoms. The quantitative estimate of drug-likeness (QED) is 0.829. The van der Waals surface area contributed by atoms with E-state index in [9.17, 15) is 4.79 Å². The number of amides is 1. The second kappa shape index (κ2) is 9.81. The molecular formula is C13H27Cl2N3O. The third kappa shape index (κ3) is 6.80. The van der Waals surface area contributed by atoms with Crippen molar-refractivity contribution >= 4 is 30.7 Å². The zero-order valence-electron chi connectivity index (χ0n) is 11.7. The summed E-state index contributed by atoms with van der Waals surface area (Å²) >= 11 is 0. The Morgan fingerprint density at radius 1 is 1.16 bits per heavy atom. The monoisotopic (exact) mass is 311 g/mol. The van der Waals surface area contributed by atoms with Crippen LogP contribution in [0.1, 0.15) is 32.1 Å². The maximum atomic E-state index is 11.9. The summed E-state index contributed by atoms with van der Waals surface area (Å²) in [5.41, 5.74) is 0. The highest BCUT2D eigenvalue weighted by molar-refractivity contribution is 5.85. The third-order valence-corrected chi connectivity index (χ3v) is 4.02. The van der Waals surface area contributed by atoms with Crippen LogP contribution in [0.4, 0.5) is 0 Å². The molecule has 0 aromatic carbocycles. The molecule has 2 saturated heterocycles. The number of rotatable bonds is 3. The molecule has 4 nitrogen and oxygen atoms in total. The lowest BCUT2D eigenvalue weighted by molar-refractivity contribution is -0.123. The maximum absolute atomic E-state index is 11.9. The van der Waals surface area contributed by atoms with Gasteiger partial charge in [-0.3, -0.25) is 4.79 Å². The molecule has 2 N–H and O–H groups in total. The Morgan fingerprint density at radius 3 is 2.32 bits per heavy atom. The molecule has 2 aliphatic rings. The van der Waals surface area contributed by atoms with Gasteiger partial charge in [-0.05, 0) is 64.8 Å². The Hall–Kier alpha value is -0.0300. The molecule has 0 saturated carbocycles. The largest absolute Gasteiger partial charge is 0.353 e. The van der Waals surface area contributed by atoms with E-state index in [1.807, 2.05) is 0 Å². The van der Waals surface area contributed by atoms with Crippen molar-refractivity contribution in [2.75, 3.05) is 33.2 Å². The Kier molecular flexibility index (Phi) is 9.79. The average molecular weight is 312 g/mol. The van der Waals surface area contributed by atoms with E-state index in [0.29, 0.717) is 12.0 Å². The van der Waals surface area contributed by atoms with E-state index >= 15 is 0 Å². The first-order valence-electron chi connectivity index (χ1n) is 6.92. The van der Waals surface area contributed by atoms with Gasteiger partial charge in [0.15, 0.2) is 0 Å². The van der Waals surface area contributed by atoms with Gasteiger partial charge in [0.1, 0.15) is 0 Å². The lowest BCUT2D eigenvalue weighted by atomic mass is 9.94. The van der Waals surface area contributed by atoms with Crippen LogP contribution in [0.3, 0.4) is 0 Å². The van der Waals surface area contributed by atoms with Crippen molar-refractivity contribution in [2.24, 2.45) is 5.92 Å². The van der Waals surface area contributed by atoms with Gasteiger partial charge in [-0.25, -0.2) is 0 Å². The number of nitrogens with one attached hydrogen (secondary N) is 2. The van der Waals surface area contributed by atoms with Crippen molar-refractivity contribution in [3.05, 3.63) is 0 Å². The second-order valence-corrected chi connectivity index (χ2v) is 5.54. The predicted molar refractivity (Wildman–Crippen MR) is 83.4 cm³/mol. The Bertz CT molecular complexity index is 252. The number of piperidine rings is 2. The van der Waals surface area contributed by atoms with Crippen molar-refractivity contribution in [1.82, 2.24) is 15.5 Å². The number of hydrogen-bond acceptors (Lipinski definition) is 3. The smallest absolute Gasteiger partial charge is 0.220 e. The fourth-order valence-corrected chi connectivity index (χ4v) is 2.79. The van der Waals surface area contributed by atoms with Gasteiger partial charge in [0, 0.05) is 12.5 Å². The summed E-state index contributed by atoms with van der Waals surface area (Å²) in [5.74, 6) is 0.869. The molecule has 2 heterocycles. The van der Waals surface area contributed by atoms with Gasteiger partial charge < -0.3 is 15.5 Å². The minimum absolute atomic E-state index is 0. The second-order valence-electron chi connectivity index (χ2n) is 5.54. The van der Waals surface area contributed by atoms with Crippen molar-refractivity contribution in [1.29, 1.82) is 0 Å². The van der Waals surface area contributed by atoms with Crippen molar-refractivity contribution < 1.29 is 4.79 Å². The minimum atomic E-state index is 0. The van der Waals surface area contributed by atoms with Gasteiger partial charge in [-0.15, -0.1) is 24.8 Å². The molecule has 2 aliphatic heterocycles. The van der Waals surface area contributed by atoms with E-state index in [-0.39, 0.29) is 30.7 Å².